The lowest BCUT2D eigenvalue weighted by Crippen LogP contribution is -2.07. The standard InChI is InChI=1S/C16H20FN3O2S/c1-3-4-9-18-16-19-13(11-17)10-15(20-16)12-5-7-14(8-6-12)21-22-23-2/h5-8,10H,3-4,9,11H2,1-2H3,(H,18,19,20). The van der Waals surface area contributed by atoms with Gasteiger partial charge in [-0.05, 0) is 36.8 Å². The van der Waals surface area contributed by atoms with Crippen LogP contribution in [-0.4, -0.2) is 22.8 Å². The van der Waals surface area contributed by atoms with Gasteiger partial charge in [0.25, 0.3) is 0 Å². The maximum atomic E-state index is 13.0. The molecule has 1 aromatic carbocycles. The van der Waals surface area contributed by atoms with Crippen molar-refractivity contribution in [1.29, 1.82) is 0 Å². The third kappa shape index (κ3) is 5.37. The van der Waals surface area contributed by atoms with Crippen LogP contribution in [0.3, 0.4) is 0 Å². The average Bonchev–Trinajstić information content (AvgIpc) is 2.60. The Hall–Kier alpha value is -1.86. The highest BCUT2D eigenvalue weighted by Crippen LogP contribution is 2.23. The van der Waals surface area contributed by atoms with Gasteiger partial charge in [-0.3, -0.25) is 0 Å². The zero-order valence-corrected chi connectivity index (χ0v) is 14.0. The molecule has 0 spiro atoms. The van der Waals surface area contributed by atoms with Crippen LogP contribution in [0.1, 0.15) is 25.5 Å². The molecule has 0 aliphatic carbocycles. The molecule has 0 radical (unpaired) electrons. The van der Waals surface area contributed by atoms with Crippen LogP contribution in [0.15, 0.2) is 30.3 Å². The minimum absolute atomic E-state index is 0.361. The van der Waals surface area contributed by atoms with Crippen molar-refractivity contribution in [3.8, 4) is 17.0 Å². The summed E-state index contributed by atoms with van der Waals surface area (Å²) in [7, 11) is 0. The quantitative estimate of drug-likeness (QED) is 0.316. The van der Waals surface area contributed by atoms with Crippen molar-refractivity contribution in [2.45, 2.75) is 26.4 Å². The summed E-state index contributed by atoms with van der Waals surface area (Å²) in [6, 6.07) is 8.89. The maximum Gasteiger partial charge on any atom is 0.223 e. The molecule has 2 aromatic rings. The van der Waals surface area contributed by atoms with Crippen molar-refractivity contribution >= 4 is 18.0 Å². The molecule has 1 N–H and O–H groups in total. The molecule has 23 heavy (non-hydrogen) atoms. The number of benzene rings is 1. The van der Waals surface area contributed by atoms with Crippen LogP contribution in [0.5, 0.6) is 5.75 Å². The third-order valence-corrected chi connectivity index (χ3v) is 3.28. The molecule has 1 heterocycles. The first kappa shape index (κ1) is 17.5. The number of halogens is 1. The van der Waals surface area contributed by atoms with Gasteiger partial charge in [0, 0.05) is 30.4 Å². The monoisotopic (exact) mass is 337 g/mol. The Bertz CT molecular complexity index is 611. The summed E-state index contributed by atoms with van der Waals surface area (Å²) in [5.74, 6) is 1.04. The number of hydrogen-bond acceptors (Lipinski definition) is 6. The lowest BCUT2D eigenvalue weighted by molar-refractivity contribution is -0.0770. The normalized spacial score (nSPS) is 10.6. The number of aromatic nitrogens is 2. The van der Waals surface area contributed by atoms with Crippen LogP contribution in [0, 0.1) is 0 Å². The summed E-state index contributed by atoms with van der Waals surface area (Å²) in [4.78, 5) is 13.7. The van der Waals surface area contributed by atoms with E-state index in [1.807, 2.05) is 12.1 Å². The Morgan fingerprint density at radius 1 is 1.22 bits per heavy atom. The molecule has 0 aliphatic rings. The molecule has 7 heteroatoms. The molecule has 0 saturated heterocycles. The van der Waals surface area contributed by atoms with Gasteiger partial charge in [-0.15, -0.1) is 4.33 Å². The van der Waals surface area contributed by atoms with Crippen molar-refractivity contribution in [2.24, 2.45) is 0 Å². The number of alkyl halides is 1. The smallest absolute Gasteiger partial charge is 0.223 e. The topological polar surface area (TPSA) is 56.3 Å². The van der Waals surface area contributed by atoms with E-state index in [2.05, 4.69) is 22.2 Å². The van der Waals surface area contributed by atoms with Gasteiger partial charge < -0.3 is 10.2 Å². The molecule has 0 atom stereocenters. The average molecular weight is 337 g/mol. The van der Waals surface area contributed by atoms with Crippen LogP contribution in [0.2, 0.25) is 0 Å². The first-order valence-electron chi connectivity index (χ1n) is 7.42. The fourth-order valence-electron chi connectivity index (χ4n) is 1.92. The summed E-state index contributed by atoms with van der Waals surface area (Å²) in [5, 5.41) is 3.13. The molecular weight excluding hydrogens is 317 g/mol. The van der Waals surface area contributed by atoms with Crippen molar-refractivity contribution < 1.29 is 13.6 Å². The number of nitrogens with zero attached hydrogens (tertiary/aromatic N) is 2. The third-order valence-electron chi connectivity index (χ3n) is 3.08. The highest BCUT2D eigenvalue weighted by Gasteiger charge is 2.07. The molecule has 0 unspecified atom stereocenters. The summed E-state index contributed by atoms with van der Waals surface area (Å²) < 4.78 is 17.8. The van der Waals surface area contributed by atoms with Gasteiger partial charge in [-0.25, -0.2) is 14.4 Å². The Morgan fingerprint density at radius 2 is 2.00 bits per heavy atom. The van der Waals surface area contributed by atoms with Gasteiger partial charge in [-0.1, -0.05) is 13.3 Å². The highest BCUT2D eigenvalue weighted by atomic mass is 32.2. The minimum Gasteiger partial charge on any atom is -0.354 e. The van der Waals surface area contributed by atoms with E-state index in [0.29, 0.717) is 23.1 Å². The second-order valence-corrected chi connectivity index (χ2v) is 5.29. The zero-order valence-electron chi connectivity index (χ0n) is 13.2. The van der Waals surface area contributed by atoms with E-state index < -0.39 is 6.67 Å². The second kappa shape index (κ2) is 9.32. The molecule has 1 aromatic heterocycles. The van der Waals surface area contributed by atoms with Crippen molar-refractivity contribution in [1.82, 2.24) is 9.97 Å². The first-order chi connectivity index (χ1) is 11.3. The number of unbranched alkanes of at least 4 members (excludes halogenated alkanes) is 1. The Balaban J connectivity index is 2.18. The largest absolute Gasteiger partial charge is 0.354 e. The van der Waals surface area contributed by atoms with E-state index in [1.165, 1.54) is 0 Å². The van der Waals surface area contributed by atoms with Crippen LogP contribution >= 0.6 is 12.0 Å². The molecular formula is C16H20FN3O2S. The molecule has 5 nitrogen and oxygen atoms in total. The zero-order chi connectivity index (χ0) is 16.5. The van der Waals surface area contributed by atoms with E-state index in [-0.39, 0.29) is 0 Å². The van der Waals surface area contributed by atoms with Crippen molar-refractivity contribution in [3.63, 3.8) is 0 Å². The van der Waals surface area contributed by atoms with E-state index in [0.717, 1.165) is 37.0 Å². The Kier molecular flexibility index (Phi) is 7.09. The molecule has 2 rings (SSSR count). The maximum absolute atomic E-state index is 13.0. The Morgan fingerprint density at radius 3 is 2.65 bits per heavy atom. The minimum atomic E-state index is -0.624. The predicted octanol–water partition coefficient (Wildman–Crippen LogP) is 4.41. The lowest BCUT2D eigenvalue weighted by atomic mass is 10.1. The lowest BCUT2D eigenvalue weighted by Gasteiger charge is -2.09. The summed E-state index contributed by atoms with van der Waals surface area (Å²) >= 11 is 1.12. The van der Waals surface area contributed by atoms with Gasteiger partial charge in [0.15, 0.2) is 5.75 Å². The van der Waals surface area contributed by atoms with Crippen LogP contribution < -0.4 is 10.2 Å². The summed E-state index contributed by atoms with van der Waals surface area (Å²) in [6.45, 7) is 2.25. The van der Waals surface area contributed by atoms with E-state index in [9.17, 15) is 4.39 Å². The fourth-order valence-corrected chi connectivity index (χ4v) is 2.07. The summed E-state index contributed by atoms with van der Waals surface area (Å²) in [6.07, 6.45) is 3.85. The summed E-state index contributed by atoms with van der Waals surface area (Å²) in [5.41, 5.74) is 1.89. The predicted molar refractivity (Wildman–Crippen MR) is 90.9 cm³/mol. The molecule has 124 valence electrons. The van der Waals surface area contributed by atoms with E-state index in [1.54, 1.807) is 24.5 Å². The van der Waals surface area contributed by atoms with Crippen molar-refractivity contribution in [3.05, 3.63) is 36.0 Å². The molecule has 0 bridgehead atoms. The highest BCUT2D eigenvalue weighted by molar-refractivity contribution is 7.93. The number of hydrogen-bond donors (Lipinski definition) is 1. The molecule has 0 saturated carbocycles. The first-order valence-corrected chi connectivity index (χ1v) is 8.57. The van der Waals surface area contributed by atoms with Crippen LogP contribution in [0.25, 0.3) is 11.3 Å². The van der Waals surface area contributed by atoms with Gasteiger partial charge >= 0.3 is 0 Å². The van der Waals surface area contributed by atoms with Gasteiger partial charge in [-0.2, -0.15) is 0 Å². The van der Waals surface area contributed by atoms with Crippen LogP contribution in [0.4, 0.5) is 10.3 Å². The molecule has 0 aliphatic heterocycles. The molecule has 0 amide bonds. The second-order valence-electron chi connectivity index (χ2n) is 4.82. The van der Waals surface area contributed by atoms with Crippen LogP contribution in [-0.2, 0) is 11.0 Å². The number of nitrogens with one attached hydrogen (secondary N) is 1. The van der Waals surface area contributed by atoms with E-state index >= 15 is 0 Å². The fraction of sp³-hybridized carbons (Fsp3) is 0.375. The van der Waals surface area contributed by atoms with Gasteiger partial charge in [0.05, 0.1) is 11.4 Å². The number of anilines is 1. The SMILES string of the molecule is CCCCNc1nc(CF)cc(-c2ccc(OOSC)cc2)n1. The molecule has 0 fully saturated rings. The van der Waals surface area contributed by atoms with Crippen molar-refractivity contribution in [2.75, 3.05) is 18.1 Å². The number of rotatable bonds is 9. The van der Waals surface area contributed by atoms with Gasteiger partial charge in [0.2, 0.25) is 5.95 Å². The Labute approximate surface area is 139 Å². The van der Waals surface area contributed by atoms with Gasteiger partial charge in [0.1, 0.15) is 6.67 Å². The van der Waals surface area contributed by atoms with E-state index in [4.69, 9.17) is 9.22 Å².